The molecule has 0 aliphatic carbocycles. The SMILES string of the molecule is CC1(C)OB(C/C(C#N)=C\CCc2ccccc2)OC1(C)C. The van der Waals surface area contributed by atoms with E-state index in [0.717, 1.165) is 18.4 Å². The second kappa shape index (κ2) is 6.68. The third kappa shape index (κ3) is 4.00. The molecule has 1 aromatic carbocycles. The van der Waals surface area contributed by atoms with Crippen LogP contribution >= 0.6 is 0 Å². The fourth-order valence-corrected chi connectivity index (χ4v) is 2.46. The molecule has 0 amide bonds. The first kappa shape index (κ1) is 16.8. The molecule has 1 aromatic rings. The minimum atomic E-state index is -0.345. The van der Waals surface area contributed by atoms with E-state index in [9.17, 15) is 5.26 Å². The molecular weight excluding hydrogens is 273 g/mol. The molecule has 0 radical (unpaired) electrons. The van der Waals surface area contributed by atoms with Gasteiger partial charge in [-0.15, -0.1) is 0 Å². The average Bonchev–Trinajstić information content (AvgIpc) is 2.66. The number of allylic oxidation sites excluding steroid dienone is 2. The molecule has 116 valence electrons. The summed E-state index contributed by atoms with van der Waals surface area (Å²) in [4.78, 5) is 0. The Morgan fingerprint density at radius 3 is 2.27 bits per heavy atom. The molecule has 2 rings (SSSR count). The van der Waals surface area contributed by atoms with Crippen LogP contribution in [0.15, 0.2) is 42.0 Å². The molecule has 0 bridgehead atoms. The highest BCUT2D eigenvalue weighted by atomic mass is 16.7. The fraction of sp³-hybridized carbons (Fsp3) is 0.500. The average molecular weight is 297 g/mol. The van der Waals surface area contributed by atoms with Gasteiger partial charge in [-0.05, 0) is 46.1 Å². The Bertz CT molecular complexity index is 556. The van der Waals surface area contributed by atoms with Crippen LogP contribution in [-0.2, 0) is 15.7 Å². The van der Waals surface area contributed by atoms with Gasteiger partial charge in [0.15, 0.2) is 0 Å². The summed E-state index contributed by atoms with van der Waals surface area (Å²) in [6.45, 7) is 8.10. The largest absolute Gasteiger partial charge is 0.463 e. The van der Waals surface area contributed by atoms with Crippen molar-refractivity contribution in [2.24, 2.45) is 0 Å². The summed E-state index contributed by atoms with van der Waals surface area (Å²) < 4.78 is 11.9. The summed E-state index contributed by atoms with van der Waals surface area (Å²) in [5.74, 6) is 0. The van der Waals surface area contributed by atoms with Crippen molar-refractivity contribution in [3.8, 4) is 6.07 Å². The van der Waals surface area contributed by atoms with Crippen molar-refractivity contribution in [2.45, 2.75) is 58.1 Å². The second-order valence-electron chi connectivity index (χ2n) is 6.76. The number of hydrogen-bond donors (Lipinski definition) is 0. The smallest absolute Gasteiger partial charge is 0.403 e. The molecule has 0 atom stereocenters. The number of nitrogens with zero attached hydrogens (tertiary/aromatic N) is 1. The molecule has 4 heteroatoms. The zero-order chi connectivity index (χ0) is 16.2. The van der Waals surface area contributed by atoms with Crippen LogP contribution in [0.25, 0.3) is 0 Å². The van der Waals surface area contributed by atoms with Gasteiger partial charge in [0, 0.05) is 11.9 Å². The van der Waals surface area contributed by atoms with E-state index in [1.165, 1.54) is 5.56 Å². The molecule has 1 aliphatic heterocycles. The molecule has 0 spiro atoms. The maximum absolute atomic E-state index is 9.31. The van der Waals surface area contributed by atoms with Crippen LogP contribution in [0.5, 0.6) is 0 Å². The second-order valence-corrected chi connectivity index (χ2v) is 6.76. The number of benzene rings is 1. The van der Waals surface area contributed by atoms with Crippen LogP contribution < -0.4 is 0 Å². The minimum absolute atomic E-state index is 0.340. The van der Waals surface area contributed by atoms with Gasteiger partial charge >= 0.3 is 7.12 Å². The molecule has 1 saturated heterocycles. The Morgan fingerprint density at radius 2 is 1.73 bits per heavy atom. The Morgan fingerprint density at radius 1 is 1.14 bits per heavy atom. The van der Waals surface area contributed by atoms with Crippen molar-refractivity contribution in [3.63, 3.8) is 0 Å². The zero-order valence-electron chi connectivity index (χ0n) is 13.9. The van der Waals surface area contributed by atoms with Crippen molar-refractivity contribution in [1.82, 2.24) is 0 Å². The first-order valence-electron chi connectivity index (χ1n) is 7.83. The van der Waals surface area contributed by atoms with Crippen molar-refractivity contribution >= 4 is 7.12 Å². The molecule has 0 aromatic heterocycles. The molecule has 3 nitrogen and oxygen atoms in total. The molecule has 0 N–H and O–H groups in total. The third-order valence-corrected chi connectivity index (χ3v) is 4.50. The number of rotatable bonds is 5. The van der Waals surface area contributed by atoms with E-state index < -0.39 is 0 Å². The summed E-state index contributed by atoms with van der Waals surface area (Å²) >= 11 is 0. The van der Waals surface area contributed by atoms with Crippen LogP contribution in [-0.4, -0.2) is 18.3 Å². The number of aryl methyl sites for hydroxylation is 1. The molecular formula is C18H24BNO2. The monoisotopic (exact) mass is 297 g/mol. The number of hydrogen-bond acceptors (Lipinski definition) is 3. The van der Waals surface area contributed by atoms with Gasteiger partial charge in [-0.2, -0.15) is 5.26 Å². The van der Waals surface area contributed by atoms with E-state index in [0.29, 0.717) is 6.32 Å². The van der Waals surface area contributed by atoms with Crippen LogP contribution in [0.1, 0.15) is 39.7 Å². The van der Waals surface area contributed by atoms with Crippen LogP contribution in [0, 0.1) is 11.3 Å². The van der Waals surface area contributed by atoms with Crippen molar-refractivity contribution in [2.75, 3.05) is 0 Å². The van der Waals surface area contributed by atoms with E-state index in [4.69, 9.17) is 9.31 Å². The molecule has 22 heavy (non-hydrogen) atoms. The molecule has 1 heterocycles. The Kier molecular flexibility index (Phi) is 5.10. The van der Waals surface area contributed by atoms with Gasteiger partial charge < -0.3 is 9.31 Å². The summed E-state index contributed by atoms with van der Waals surface area (Å²) in [6.07, 6.45) is 4.30. The molecule has 1 fully saturated rings. The predicted octanol–water partition coefficient (Wildman–Crippen LogP) is 4.16. The quantitative estimate of drug-likeness (QED) is 0.605. The van der Waals surface area contributed by atoms with Crippen LogP contribution in [0.4, 0.5) is 0 Å². The van der Waals surface area contributed by atoms with Crippen molar-refractivity contribution in [1.29, 1.82) is 5.26 Å². The first-order chi connectivity index (χ1) is 10.3. The van der Waals surface area contributed by atoms with Crippen molar-refractivity contribution < 1.29 is 9.31 Å². The maximum Gasteiger partial charge on any atom is 0.463 e. The van der Waals surface area contributed by atoms with Crippen LogP contribution in [0.2, 0.25) is 6.32 Å². The van der Waals surface area contributed by atoms with Crippen LogP contribution in [0.3, 0.4) is 0 Å². The standard InChI is InChI=1S/C18H24BNO2/c1-17(2)18(3,4)22-19(21-17)13-16(14-20)12-8-11-15-9-6-5-7-10-15/h5-7,9-10,12H,8,11,13H2,1-4H3/b16-12+. The third-order valence-electron chi connectivity index (χ3n) is 4.50. The lowest BCUT2D eigenvalue weighted by molar-refractivity contribution is 0.00578. The lowest BCUT2D eigenvalue weighted by Gasteiger charge is -2.32. The topological polar surface area (TPSA) is 42.2 Å². The van der Waals surface area contributed by atoms with E-state index in [1.807, 2.05) is 52.0 Å². The lowest BCUT2D eigenvalue weighted by atomic mass is 9.80. The Hall–Kier alpha value is -1.57. The normalized spacial score (nSPS) is 20.0. The zero-order valence-corrected chi connectivity index (χ0v) is 13.9. The van der Waals surface area contributed by atoms with Gasteiger partial charge in [-0.3, -0.25) is 0 Å². The Labute approximate surface area is 134 Å². The van der Waals surface area contributed by atoms with Gasteiger partial charge in [-0.1, -0.05) is 36.4 Å². The lowest BCUT2D eigenvalue weighted by Crippen LogP contribution is -2.41. The Balaban J connectivity index is 1.90. The van der Waals surface area contributed by atoms with Gasteiger partial charge in [-0.25, -0.2) is 0 Å². The first-order valence-corrected chi connectivity index (χ1v) is 7.83. The maximum atomic E-state index is 9.31. The molecule has 1 aliphatic rings. The van der Waals surface area contributed by atoms with E-state index in [-0.39, 0.29) is 18.3 Å². The van der Waals surface area contributed by atoms with E-state index in [2.05, 4.69) is 18.2 Å². The van der Waals surface area contributed by atoms with Gasteiger partial charge in [0.2, 0.25) is 0 Å². The molecule has 0 unspecified atom stereocenters. The summed E-state index contributed by atoms with van der Waals surface area (Å²) in [7, 11) is -0.340. The summed E-state index contributed by atoms with van der Waals surface area (Å²) in [5, 5.41) is 9.31. The predicted molar refractivity (Wildman–Crippen MR) is 89.3 cm³/mol. The highest BCUT2D eigenvalue weighted by molar-refractivity contribution is 6.46. The fourth-order valence-electron chi connectivity index (χ4n) is 2.46. The van der Waals surface area contributed by atoms with Gasteiger partial charge in [0.1, 0.15) is 0 Å². The molecule has 0 saturated carbocycles. The summed E-state index contributed by atoms with van der Waals surface area (Å²) in [5.41, 5.74) is 1.32. The van der Waals surface area contributed by atoms with E-state index >= 15 is 0 Å². The highest BCUT2D eigenvalue weighted by Gasteiger charge is 2.50. The summed E-state index contributed by atoms with van der Waals surface area (Å²) in [6, 6.07) is 12.6. The minimum Gasteiger partial charge on any atom is -0.403 e. The number of nitriles is 1. The highest BCUT2D eigenvalue weighted by Crippen LogP contribution is 2.38. The van der Waals surface area contributed by atoms with Gasteiger partial charge in [0.25, 0.3) is 0 Å². The van der Waals surface area contributed by atoms with Crippen molar-refractivity contribution in [3.05, 3.63) is 47.5 Å². The van der Waals surface area contributed by atoms with E-state index in [1.54, 1.807) is 0 Å². The van der Waals surface area contributed by atoms with Gasteiger partial charge in [0.05, 0.1) is 17.3 Å².